The molecule has 0 aliphatic heterocycles. The normalized spacial score (nSPS) is 2.40. The van der Waals surface area contributed by atoms with E-state index in [0.717, 1.165) is 0 Å². The molecule has 0 spiro atoms. The Morgan fingerprint density at radius 3 is 1.60 bits per heavy atom. The molecule has 0 saturated carbocycles. The van der Waals surface area contributed by atoms with E-state index in [9.17, 15) is 0 Å². The van der Waals surface area contributed by atoms with Crippen molar-refractivity contribution < 1.29 is 5.34 Å². The summed E-state index contributed by atoms with van der Waals surface area (Å²) in [6, 6.07) is 0. The van der Waals surface area contributed by atoms with E-state index in [1.54, 1.807) is 0 Å². The van der Waals surface area contributed by atoms with E-state index in [1.165, 1.54) is 0 Å². The van der Waals surface area contributed by atoms with E-state index < -0.39 is 0 Å². The van der Waals surface area contributed by atoms with Crippen molar-refractivity contribution in [1.29, 1.82) is 0 Å². The third kappa shape index (κ3) is 50.4. The van der Waals surface area contributed by atoms with Crippen LogP contribution in [0.15, 0.2) is 0 Å². The van der Waals surface area contributed by atoms with Gasteiger partial charge in [-0.1, -0.05) is 0 Å². The molecule has 0 aliphatic rings. The molecule has 0 fully saturated rings. The molecule has 0 aromatic heterocycles. The number of hydrogen-bond donors (Lipinski definition) is 1. The van der Waals surface area contributed by atoms with Gasteiger partial charge in [-0.15, -0.1) is 0 Å². The summed E-state index contributed by atoms with van der Waals surface area (Å²) < 4.78 is 0. The van der Waals surface area contributed by atoms with E-state index >= 15 is 0 Å². The van der Waals surface area contributed by atoms with E-state index in [4.69, 9.17) is 10.1 Å². The maximum absolute atomic E-state index is 8.12. The van der Waals surface area contributed by atoms with Crippen LogP contribution in [-0.2, 0) is 0 Å². The molecule has 0 unspecified atom stereocenters. The Hall–Kier alpha value is 0.906. The van der Waals surface area contributed by atoms with Crippen LogP contribution in [0.5, 0.6) is 0 Å². The van der Waals surface area contributed by atoms with Gasteiger partial charge in [0.15, 0.2) is 0 Å². The van der Waals surface area contributed by atoms with Crippen LogP contribution in [0.25, 0.3) is 0 Å². The van der Waals surface area contributed by atoms with Crippen molar-refractivity contribution in [2.24, 2.45) is 0 Å². The van der Waals surface area contributed by atoms with Crippen LogP contribution >= 0.6 is 0 Å². The molecule has 1 N–H and O–H groups in total. The second kappa shape index (κ2) is 20.6. The third-order valence-corrected chi connectivity index (χ3v) is 0. The third-order valence-electron chi connectivity index (χ3n) is 0. The van der Waals surface area contributed by atoms with E-state index in [1.807, 2.05) is 0 Å². The Morgan fingerprint density at radius 1 is 1.60 bits per heavy atom. The van der Waals surface area contributed by atoms with E-state index in [0.29, 0.717) is 0 Å². The summed E-state index contributed by atoms with van der Waals surface area (Å²) >= 11 is 0. The summed E-state index contributed by atoms with van der Waals surface area (Å²) in [6.45, 7) is 0. The second-order valence-corrected chi connectivity index (χ2v) is 0.0833. The standard InChI is InChI=1S/Ga.In.HNO2.6H/c;;2-1-3;;;;;;/h;;1H;;;;;;. The molecule has 0 aromatic carbocycles. The minimum atomic E-state index is 0. The fraction of sp³-hybridized carbons (Fsp3) is 0. The van der Waals surface area contributed by atoms with Gasteiger partial charge in [0.25, 0.3) is 0 Å². The summed E-state index contributed by atoms with van der Waals surface area (Å²) in [4.78, 5) is 8.12. The Morgan fingerprint density at radius 2 is 1.60 bits per heavy atom. The predicted octanol–water partition coefficient (Wildman–Crippen LogP) is -4.04. The summed E-state index contributed by atoms with van der Waals surface area (Å²) in [5.41, 5.74) is 0. The Labute approximate surface area is 60.9 Å². The van der Waals surface area contributed by atoms with Crippen LogP contribution in [0.1, 0.15) is 0 Å². The van der Waals surface area contributed by atoms with Crippen LogP contribution in [0.3, 0.4) is 0 Å². The SMILES string of the molecule is O=[NH+][O-].[GaH3].[InH3]. The molecule has 0 saturated heterocycles. The number of rotatable bonds is 0. The summed E-state index contributed by atoms with van der Waals surface area (Å²) in [5.74, 6) is 0. The first kappa shape index (κ1) is 16.8. The molecular weight excluding hydrogens is 231 g/mol. The molecule has 5 heavy (non-hydrogen) atoms. The van der Waals surface area contributed by atoms with Crippen molar-refractivity contribution in [3.8, 4) is 0 Å². The Kier molecular flexibility index (Phi) is 69.3. The van der Waals surface area contributed by atoms with Crippen LogP contribution < -0.4 is 5.34 Å². The second-order valence-electron chi connectivity index (χ2n) is 0.0833. The first-order valence-corrected chi connectivity index (χ1v) is 0.408. The molecule has 0 bridgehead atoms. The minimum absolute atomic E-state index is 0. The van der Waals surface area contributed by atoms with Gasteiger partial charge in [0.2, 0.25) is 0 Å². The molecule has 0 aromatic rings. The molecule has 3 nitrogen and oxygen atoms in total. The fourth-order valence-corrected chi connectivity index (χ4v) is 0. The van der Waals surface area contributed by atoms with E-state index in [2.05, 4.69) is 0 Å². The zero-order valence-corrected chi connectivity index (χ0v) is 1.32. The zero-order chi connectivity index (χ0) is 2.71. The molecule has 0 atom stereocenters. The molecule has 0 aliphatic carbocycles. The van der Waals surface area contributed by atoms with Crippen molar-refractivity contribution in [3.63, 3.8) is 0 Å². The number of hydrogen-bond acceptors (Lipinski definition) is 2. The summed E-state index contributed by atoms with van der Waals surface area (Å²) in [6.07, 6.45) is 0. The van der Waals surface area contributed by atoms with Gasteiger partial charge in [-0.2, -0.15) is 0 Å². The van der Waals surface area contributed by atoms with Gasteiger partial charge in [-0.25, -0.2) is 0 Å². The van der Waals surface area contributed by atoms with Gasteiger partial charge in [-0.3, -0.25) is 10.1 Å². The molecular formula is H7GaInNO2. The van der Waals surface area contributed by atoms with E-state index in [-0.39, 0.29) is 51.0 Å². The molecule has 0 heterocycles. The van der Waals surface area contributed by atoms with Crippen molar-refractivity contribution in [2.75, 3.05) is 0 Å². The van der Waals surface area contributed by atoms with Gasteiger partial charge in [0.1, 0.15) is 0 Å². The molecule has 0 radical (unpaired) electrons. The number of nitrogens with one attached hydrogen (secondary N) is 1. The quantitative estimate of drug-likeness (QED) is 0.265. The first-order valence-electron chi connectivity index (χ1n) is 0.408. The van der Waals surface area contributed by atoms with Crippen LogP contribution in [-0.4, -0.2) is 45.6 Å². The first-order chi connectivity index (χ1) is 1.41. The molecule has 0 amide bonds. The average molecular weight is 238 g/mol. The maximum atomic E-state index is 8.12. The molecule has 0 rings (SSSR count). The Bertz CT molecular complexity index is 17.1. The van der Waals surface area contributed by atoms with Crippen LogP contribution in [0.2, 0.25) is 0 Å². The van der Waals surface area contributed by atoms with Crippen LogP contribution in [0, 0.1) is 10.1 Å². The van der Waals surface area contributed by atoms with Gasteiger partial charge < -0.3 is 0 Å². The fourth-order valence-electron chi connectivity index (χ4n) is 0. The van der Waals surface area contributed by atoms with Gasteiger partial charge in [0, 0.05) is 5.34 Å². The Balaban J connectivity index is -0.0000000200. The summed E-state index contributed by atoms with van der Waals surface area (Å²) in [7, 11) is 0. The van der Waals surface area contributed by atoms with Gasteiger partial charge in [-0.05, 0) is 0 Å². The zero-order valence-electron chi connectivity index (χ0n) is 1.32. The van der Waals surface area contributed by atoms with Crippen molar-refractivity contribution in [1.82, 2.24) is 0 Å². The topological polar surface area (TPSA) is 54.1 Å². The van der Waals surface area contributed by atoms with Crippen LogP contribution in [0.4, 0.5) is 0 Å². The van der Waals surface area contributed by atoms with Crippen molar-refractivity contribution >= 4 is 45.6 Å². The molecule has 5 heteroatoms. The average Bonchev–Trinajstić information content (AvgIpc) is 0.918. The predicted molar refractivity (Wildman–Crippen MR) is 27.6 cm³/mol. The molecule has 30 valence electrons. The van der Waals surface area contributed by atoms with Gasteiger partial charge >= 0.3 is 45.6 Å². The van der Waals surface area contributed by atoms with Crippen molar-refractivity contribution in [2.45, 2.75) is 0 Å². The van der Waals surface area contributed by atoms with Crippen molar-refractivity contribution in [3.05, 3.63) is 10.1 Å². The van der Waals surface area contributed by atoms with Gasteiger partial charge in [0.05, 0.1) is 0 Å². The summed E-state index contributed by atoms with van der Waals surface area (Å²) in [5, 5.41) is 8.38. The monoisotopic (exact) mass is 237 g/mol.